The summed E-state index contributed by atoms with van der Waals surface area (Å²) in [6.07, 6.45) is 16.2. The minimum atomic E-state index is -0.181. The van der Waals surface area contributed by atoms with Crippen molar-refractivity contribution in [2.24, 2.45) is 0 Å². The number of hydrogen-bond donors (Lipinski definition) is 0. The Bertz CT molecular complexity index is 291. The number of nitriles is 1. The molecular formula is C19H37NS3. The van der Waals surface area contributed by atoms with Crippen molar-refractivity contribution in [3.63, 3.8) is 0 Å². The van der Waals surface area contributed by atoms with E-state index in [1.54, 1.807) is 0 Å². The topological polar surface area (TPSA) is 23.8 Å². The van der Waals surface area contributed by atoms with Crippen LogP contribution < -0.4 is 0 Å². The zero-order valence-corrected chi connectivity index (χ0v) is 18.0. The molecule has 1 unspecified atom stereocenters. The summed E-state index contributed by atoms with van der Waals surface area (Å²) in [5, 5.41) is 10.3. The summed E-state index contributed by atoms with van der Waals surface area (Å²) in [5.41, 5.74) is 0. The summed E-state index contributed by atoms with van der Waals surface area (Å²) in [6, 6.07) is 2.47. The van der Waals surface area contributed by atoms with Crippen molar-refractivity contribution in [1.82, 2.24) is 0 Å². The first-order valence-electron chi connectivity index (χ1n) is 9.48. The van der Waals surface area contributed by atoms with E-state index in [1.807, 2.05) is 33.3 Å². The van der Waals surface area contributed by atoms with Crippen LogP contribution >= 0.6 is 33.3 Å². The fourth-order valence-electron chi connectivity index (χ4n) is 2.53. The van der Waals surface area contributed by atoms with Gasteiger partial charge in [-0.3, -0.25) is 0 Å². The molecule has 0 aliphatic rings. The van der Waals surface area contributed by atoms with E-state index in [2.05, 4.69) is 26.8 Å². The summed E-state index contributed by atoms with van der Waals surface area (Å²) < 4.78 is -0.181. The number of rotatable bonds is 17. The molecule has 0 aromatic carbocycles. The zero-order chi connectivity index (χ0) is 17.2. The Balaban J connectivity index is 3.23. The van der Waals surface area contributed by atoms with E-state index in [1.165, 1.54) is 70.0 Å². The molecule has 4 heteroatoms. The van der Waals surface area contributed by atoms with Gasteiger partial charge >= 0.3 is 0 Å². The van der Waals surface area contributed by atoms with E-state index < -0.39 is 0 Å². The smallest absolute Gasteiger partial charge is 0.100 e. The molecule has 0 bridgehead atoms. The average Bonchev–Trinajstić information content (AvgIpc) is 2.55. The fourth-order valence-corrected chi connectivity index (χ4v) is 6.64. The van der Waals surface area contributed by atoms with Crippen LogP contribution in [0.5, 0.6) is 0 Å². The van der Waals surface area contributed by atoms with E-state index in [9.17, 15) is 5.26 Å². The molecule has 136 valence electrons. The maximum Gasteiger partial charge on any atom is 0.100 e. The van der Waals surface area contributed by atoms with Gasteiger partial charge in [0.05, 0.1) is 11.2 Å². The molecule has 23 heavy (non-hydrogen) atoms. The Morgan fingerprint density at radius 1 is 0.783 bits per heavy atom. The van der Waals surface area contributed by atoms with Crippen LogP contribution in [0.4, 0.5) is 0 Å². The highest BCUT2D eigenvalue weighted by molar-refractivity contribution is 8.78. The standard InChI is InChI=1S/C19H37NS3/c1-4-6-7-8-9-10-11-12-13-14-16-22-23-18-21-19(3,17-20)15-5-2/h4-16,18H2,1-3H3. The normalized spacial score (nSPS) is 13.7. The van der Waals surface area contributed by atoms with Gasteiger partial charge in [-0.05, 0) is 19.8 Å². The molecule has 0 spiro atoms. The highest BCUT2D eigenvalue weighted by Gasteiger charge is 2.22. The summed E-state index contributed by atoms with van der Waals surface area (Å²) in [5.74, 6) is 1.26. The molecule has 0 saturated heterocycles. The lowest BCUT2D eigenvalue weighted by Crippen LogP contribution is -2.16. The third-order valence-electron chi connectivity index (χ3n) is 4.05. The molecule has 0 N–H and O–H groups in total. The van der Waals surface area contributed by atoms with Crippen molar-refractivity contribution < 1.29 is 0 Å². The second-order valence-electron chi connectivity index (χ2n) is 6.48. The quantitative estimate of drug-likeness (QED) is 0.146. The van der Waals surface area contributed by atoms with Gasteiger partial charge < -0.3 is 0 Å². The van der Waals surface area contributed by atoms with E-state index in [0.29, 0.717) is 0 Å². The van der Waals surface area contributed by atoms with Crippen molar-refractivity contribution in [3.05, 3.63) is 0 Å². The first-order valence-corrected chi connectivity index (χ1v) is 13.0. The van der Waals surface area contributed by atoms with Crippen LogP contribution in [0.1, 0.15) is 97.8 Å². The SMILES string of the molecule is CCCCCCCCCCCCSSCSC(C)(C#N)CCC. The number of hydrogen-bond acceptors (Lipinski definition) is 4. The Morgan fingerprint density at radius 3 is 1.87 bits per heavy atom. The minimum absolute atomic E-state index is 0.181. The van der Waals surface area contributed by atoms with E-state index in [-0.39, 0.29) is 4.75 Å². The molecule has 1 nitrogen and oxygen atoms in total. The van der Waals surface area contributed by atoms with Crippen molar-refractivity contribution in [2.45, 2.75) is 103 Å². The lowest BCUT2D eigenvalue weighted by molar-refractivity contribution is 0.563. The molecule has 0 aromatic heterocycles. The van der Waals surface area contributed by atoms with E-state index in [0.717, 1.165) is 17.9 Å². The lowest BCUT2D eigenvalue weighted by Gasteiger charge is -2.19. The predicted octanol–water partition coefficient (Wildman–Crippen LogP) is 8.06. The predicted molar refractivity (Wildman–Crippen MR) is 113 cm³/mol. The molecule has 0 amide bonds. The van der Waals surface area contributed by atoms with E-state index >= 15 is 0 Å². The highest BCUT2D eigenvalue weighted by Crippen LogP contribution is 2.36. The Kier molecular flexibility index (Phi) is 17.8. The van der Waals surface area contributed by atoms with Crippen LogP contribution in [0.15, 0.2) is 0 Å². The number of thioether (sulfide) groups is 1. The second-order valence-corrected chi connectivity index (χ2v) is 10.9. The van der Waals surface area contributed by atoms with Crippen molar-refractivity contribution >= 4 is 33.3 Å². The van der Waals surface area contributed by atoms with Gasteiger partial charge in [0.2, 0.25) is 0 Å². The van der Waals surface area contributed by atoms with E-state index in [4.69, 9.17) is 0 Å². The maximum atomic E-state index is 9.23. The first kappa shape index (κ1) is 23.5. The van der Waals surface area contributed by atoms with Crippen LogP contribution in [0.3, 0.4) is 0 Å². The molecule has 0 fully saturated rings. The molecule has 0 aromatic rings. The van der Waals surface area contributed by atoms with Crippen LogP contribution in [0, 0.1) is 11.3 Å². The zero-order valence-electron chi connectivity index (χ0n) is 15.6. The highest BCUT2D eigenvalue weighted by atomic mass is 33.1. The van der Waals surface area contributed by atoms with Crippen molar-refractivity contribution in [3.8, 4) is 6.07 Å². The Hall–Kier alpha value is 0.540. The number of unbranched alkanes of at least 4 members (excludes halogenated alkanes) is 9. The van der Waals surface area contributed by atoms with Gasteiger partial charge in [0, 0.05) is 5.75 Å². The third-order valence-corrected chi connectivity index (χ3v) is 8.33. The van der Waals surface area contributed by atoms with Crippen LogP contribution in [0.2, 0.25) is 0 Å². The van der Waals surface area contributed by atoms with Gasteiger partial charge in [-0.15, -0.1) is 11.8 Å². The maximum absolute atomic E-state index is 9.23. The van der Waals surface area contributed by atoms with Crippen molar-refractivity contribution in [2.75, 3.05) is 10.8 Å². The minimum Gasteiger partial charge on any atom is -0.197 e. The molecule has 0 saturated carbocycles. The molecule has 0 radical (unpaired) electrons. The van der Waals surface area contributed by atoms with Crippen molar-refractivity contribution in [1.29, 1.82) is 5.26 Å². The second kappa shape index (κ2) is 17.4. The van der Waals surface area contributed by atoms with Gasteiger partial charge in [0.25, 0.3) is 0 Å². The average molecular weight is 376 g/mol. The Labute approximate surface area is 157 Å². The first-order chi connectivity index (χ1) is 11.2. The molecule has 1 atom stereocenters. The molecular weight excluding hydrogens is 338 g/mol. The molecule has 0 aliphatic carbocycles. The van der Waals surface area contributed by atoms with Gasteiger partial charge in [0.15, 0.2) is 0 Å². The summed E-state index contributed by atoms with van der Waals surface area (Å²) >= 11 is 1.81. The van der Waals surface area contributed by atoms with Gasteiger partial charge in [0.1, 0.15) is 4.75 Å². The Morgan fingerprint density at radius 2 is 1.35 bits per heavy atom. The molecule has 0 heterocycles. The monoisotopic (exact) mass is 375 g/mol. The molecule has 0 rings (SSSR count). The summed E-state index contributed by atoms with van der Waals surface area (Å²) in [4.78, 5) is 0. The van der Waals surface area contributed by atoms with Gasteiger partial charge in [-0.2, -0.15) is 5.26 Å². The number of nitrogens with zero attached hydrogens (tertiary/aromatic N) is 1. The summed E-state index contributed by atoms with van der Waals surface area (Å²) in [6.45, 7) is 6.51. The summed E-state index contributed by atoms with van der Waals surface area (Å²) in [7, 11) is 3.92. The third kappa shape index (κ3) is 15.8. The van der Waals surface area contributed by atoms with Crippen LogP contribution in [-0.2, 0) is 0 Å². The van der Waals surface area contributed by atoms with Crippen LogP contribution in [0.25, 0.3) is 0 Å². The fraction of sp³-hybridized carbons (Fsp3) is 0.947. The lowest BCUT2D eigenvalue weighted by atomic mass is 10.1. The van der Waals surface area contributed by atoms with Gasteiger partial charge in [-0.25, -0.2) is 0 Å². The van der Waals surface area contributed by atoms with Crippen LogP contribution in [-0.4, -0.2) is 15.6 Å². The molecule has 0 aliphatic heterocycles. The largest absolute Gasteiger partial charge is 0.197 e. The van der Waals surface area contributed by atoms with Gasteiger partial charge in [-0.1, -0.05) is 99.6 Å².